The maximum atomic E-state index is 8.35. The summed E-state index contributed by atoms with van der Waals surface area (Å²) in [6.07, 6.45) is 2.12. The maximum Gasteiger partial charge on any atom is 0.138 e. The van der Waals surface area contributed by atoms with Crippen molar-refractivity contribution in [2.75, 3.05) is 6.61 Å². The molecule has 1 rings (SSSR count). The number of nitrogens with zero attached hydrogens (tertiary/aromatic N) is 1. The second-order valence-electron chi connectivity index (χ2n) is 1.45. The third kappa shape index (κ3) is 1.07. The van der Waals surface area contributed by atoms with Crippen LogP contribution in [0.3, 0.4) is 0 Å². The van der Waals surface area contributed by atoms with Crippen LogP contribution in [0.5, 0.6) is 0 Å². The highest BCUT2D eigenvalue weighted by Gasteiger charge is 1.91. The van der Waals surface area contributed by atoms with Crippen LogP contribution in [0.2, 0.25) is 0 Å². The Kier molecular flexibility index (Phi) is 1.64. The number of hydrogen-bond acceptors (Lipinski definition) is 3. The molecule has 3 heteroatoms. The van der Waals surface area contributed by atoms with Crippen LogP contribution >= 0.6 is 0 Å². The summed E-state index contributed by atoms with van der Waals surface area (Å²) in [4.78, 5) is 0. The lowest BCUT2D eigenvalue weighted by atomic mass is 10.3. The maximum absolute atomic E-state index is 8.35. The highest BCUT2D eigenvalue weighted by atomic mass is 16.5. The molecule has 44 valence electrons. The summed E-state index contributed by atoms with van der Waals surface area (Å²) < 4.78 is 4.66. The van der Waals surface area contributed by atoms with Crippen molar-refractivity contribution in [2.45, 2.75) is 6.42 Å². The van der Waals surface area contributed by atoms with Gasteiger partial charge in [0.1, 0.15) is 5.76 Å². The molecule has 0 spiro atoms. The number of aromatic nitrogens is 1. The van der Waals surface area contributed by atoms with E-state index in [2.05, 4.69) is 9.68 Å². The van der Waals surface area contributed by atoms with Crippen molar-refractivity contribution in [1.82, 2.24) is 5.16 Å². The van der Waals surface area contributed by atoms with E-state index in [1.807, 2.05) is 0 Å². The van der Waals surface area contributed by atoms with Gasteiger partial charge in [-0.2, -0.15) is 0 Å². The van der Waals surface area contributed by atoms with Gasteiger partial charge in [-0.25, -0.2) is 0 Å². The largest absolute Gasteiger partial charge is 0.396 e. The van der Waals surface area contributed by atoms with E-state index in [4.69, 9.17) is 5.11 Å². The van der Waals surface area contributed by atoms with Crippen molar-refractivity contribution in [1.29, 1.82) is 0 Å². The minimum atomic E-state index is 0.120. The van der Waals surface area contributed by atoms with Crippen LogP contribution < -0.4 is 0 Å². The topological polar surface area (TPSA) is 46.3 Å². The normalized spacial score (nSPS) is 9.62. The molecule has 0 saturated carbocycles. The monoisotopic (exact) mass is 113 g/mol. The van der Waals surface area contributed by atoms with Crippen molar-refractivity contribution in [3.05, 3.63) is 18.0 Å². The average Bonchev–Trinajstić information content (AvgIpc) is 2.19. The molecule has 1 heterocycles. The number of aliphatic hydroxyl groups excluding tert-OH is 1. The summed E-state index contributed by atoms with van der Waals surface area (Å²) in [5.41, 5.74) is 0. The number of rotatable bonds is 2. The van der Waals surface area contributed by atoms with Crippen molar-refractivity contribution in [3.63, 3.8) is 0 Å². The molecule has 3 nitrogen and oxygen atoms in total. The van der Waals surface area contributed by atoms with E-state index in [1.165, 1.54) is 0 Å². The third-order valence-corrected chi connectivity index (χ3v) is 0.849. The van der Waals surface area contributed by atoms with E-state index in [1.54, 1.807) is 12.3 Å². The van der Waals surface area contributed by atoms with Crippen LogP contribution in [-0.4, -0.2) is 16.9 Å². The Labute approximate surface area is 46.9 Å². The molecule has 8 heavy (non-hydrogen) atoms. The minimum absolute atomic E-state index is 0.120. The Morgan fingerprint density at radius 3 is 3.12 bits per heavy atom. The second-order valence-corrected chi connectivity index (χ2v) is 1.45. The zero-order valence-corrected chi connectivity index (χ0v) is 4.37. The Hall–Kier alpha value is -0.830. The molecule has 0 unspecified atom stereocenters. The lowest BCUT2D eigenvalue weighted by Gasteiger charge is -1.83. The van der Waals surface area contributed by atoms with E-state index in [9.17, 15) is 0 Å². The molecule has 0 aliphatic carbocycles. The molecular weight excluding hydrogens is 106 g/mol. The first-order chi connectivity index (χ1) is 3.93. The van der Waals surface area contributed by atoms with Gasteiger partial charge in [-0.1, -0.05) is 5.16 Å². The van der Waals surface area contributed by atoms with Gasteiger partial charge in [-0.05, 0) is 0 Å². The molecule has 0 atom stereocenters. The van der Waals surface area contributed by atoms with Crippen molar-refractivity contribution < 1.29 is 9.63 Å². The van der Waals surface area contributed by atoms with E-state index in [-0.39, 0.29) is 6.61 Å². The molecule has 1 aromatic rings. The van der Waals surface area contributed by atoms with Crippen molar-refractivity contribution >= 4 is 0 Å². The van der Waals surface area contributed by atoms with Gasteiger partial charge in [-0.15, -0.1) is 0 Å². The summed E-state index contributed by atoms with van der Waals surface area (Å²) in [5, 5.41) is 11.8. The molecular formula is C5H7NO2. The van der Waals surface area contributed by atoms with Gasteiger partial charge >= 0.3 is 0 Å². The molecule has 0 aliphatic rings. The summed E-state index contributed by atoms with van der Waals surface area (Å²) in [6.45, 7) is 0.120. The van der Waals surface area contributed by atoms with Gasteiger partial charge in [0.05, 0.1) is 12.8 Å². The molecule has 0 aliphatic heterocycles. The molecule has 0 aromatic carbocycles. The van der Waals surface area contributed by atoms with Gasteiger partial charge in [-0.3, -0.25) is 0 Å². The first-order valence-corrected chi connectivity index (χ1v) is 2.44. The van der Waals surface area contributed by atoms with Gasteiger partial charge in [0.15, 0.2) is 0 Å². The predicted octanol–water partition coefficient (Wildman–Crippen LogP) is 0.209. The van der Waals surface area contributed by atoms with Gasteiger partial charge < -0.3 is 9.63 Å². The molecule has 1 aromatic heterocycles. The van der Waals surface area contributed by atoms with E-state index < -0.39 is 0 Å². The van der Waals surface area contributed by atoms with Crippen LogP contribution in [0.15, 0.2) is 16.8 Å². The van der Waals surface area contributed by atoms with E-state index >= 15 is 0 Å². The quantitative estimate of drug-likeness (QED) is 0.596. The second kappa shape index (κ2) is 2.47. The van der Waals surface area contributed by atoms with Crippen molar-refractivity contribution in [3.8, 4) is 0 Å². The first kappa shape index (κ1) is 5.31. The Morgan fingerprint density at radius 2 is 2.62 bits per heavy atom. The molecule has 0 saturated heterocycles. The van der Waals surface area contributed by atoms with Crippen LogP contribution in [-0.2, 0) is 6.42 Å². The lowest BCUT2D eigenvalue weighted by molar-refractivity contribution is 0.277. The van der Waals surface area contributed by atoms with Gasteiger partial charge in [0, 0.05) is 12.5 Å². The van der Waals surface area contributed by atoms with Gasteiger partial charge in [0.2, 0.25) is 0 Å². The molecule has 0 amide bonds. The summed E-state index contributed by atoms with van der Waals surface area (Å²) in [7, 11) is 0. The standard InChI is InChI=1S/C5H7NO2/c7-4-2-5-1-3-6-8-5/h1,3,7H,2,4H2. The zero-order chi connectivity index (χ0) is 5.82. The minimum Gasteiger partial charge on any atom is -0.396 e. The fourth-order valence-corrected chi connectivity index (χ4v) is 0.481. The van der Waals surface area contributed by atoms with E-state index in [0.717, 1.165) is 5.76 Å². The van der Waals surface area contributed by atoms with Crippen LogP contribution in [0.4, 0.5) is 0 Å². The Bertz CT molecular complexity index is 136. The van der Waals surface area contributed by atoms with Crippen LogP contribution in [0, 0.1) is 0 Å². The Morgan fingerprint density at radius 1 is 1.75 bits per heavy atom. The number of hydrogen-bond donors (Lipinski definition) is 1. The fourth-order valence-electron chi connectivity index (χ4n) is 0.481. The highest BCUT2D eigenvalue weighted by Crippen LogP contribution is 1.94. The smallest absolute Gasteiger partial charge is 0.138 e. The lowest BCUT2D eigenvalue weighted by Crippen LogP contribution is -1.85. The first-order valence-electron chi connectivity index (χ1n) is 2.44. The molecule has 0 radical (unpaired) electrons. The third-order valence-electron chi connectivity index (χ3n) is 0.849. The highest BCUT2D eigenvalue weighted by molar-refractivity contribution is 4.92. The van der Waals surface area contributed by atoms with Crippen LogP contribution in [0.1, 0.15) is 5.76 Å². The number of aliphatic hydroxyl groups is 1. The van der Waals surface area contributed by atoms with E-state index in [0.29, 0.717) is 6.42 Å². The summed E-state index contributed by atoms with van der Waals surface area (Å²) in [6, 6.07) is 1.73. The van der Waals surface area contributed by atoms with Gasteiger partial charge in [0.25, 0.3) is 0 Å². The van der Waals surface area contributed by atoms with Crippen molar-refractivity contribution in [2.24, 2.45) is 0 Å². The Balaban J connectivity index is 2.50. The summed E-state index contributed by atoms with van der Waals surface area (Å²) >= 11 is 0. The fraction of sp³-hybridized carbons (Fsp3) is 0.400. The zero-order valence-electron chi connectivity index (χ0n) is 4.37. The SMILES string of the molecule is OCCc1ccno1. The molecule has 0 fully saturated rings. The molecule has 1 N–H and O–H groups in total. The van der Waals surface area contributed by atoms with Crippen LogP contribution in [0.25, 0.3) is 0 Å². The average molecular weight is 113 g/mol. The summed E-state index contributed by atoms with van der Waals surface area (Å²) in [5.74, 6) is 0.729. The molecule has 0 bridgehead atoms. The predicted molar refractivity (Wildman–Crippen MR) is 27.3 cm³/mol.